The Morgan fingerprint density at radius 2 is 1.64 bits per heavy atom. The number of rotatable bonds is 3. The Bertz CT molecular complexity index is 823. The molecule has 0 radical (unpaired) electrons. The van der Waals surface area contributed by atoms with Gasteiger partial charge in [-0.15, -0.1) is 17.0 Å². The topological polar surface area (TPSA) is 112 Å². The van der Waals surface area contributed by atoms with E-state index in [2.05, 4.69) is 14.9 Å². The number of H-pyrrole nitrogens is 2. The molecule has 0 saturated carbocycles. The highest BCUT2D eigenvalue weighted by molar-refractivity contribution is 8.93. The van der Waals surface area contributed by atoms with Crippen molar-refractivity contribution in [1.82, 2.24) is 14.9 Å². The predicted molar refractivity (Wildman–Crippen MR) is 86.7 cm³/mol. The zero-order chi connectivity index (χ0) is 15.0. The number of nitrogens with one attached hydrogen (secondary N) is 2. The number of aromatic amines is 2. The number of nitro groups is 1. The lowest BCUT2D eigenvalue weighted by Gasteiger charge is -2.14. The van der Waals surface area contributed by atoms with Crippen LogP contribution in [0.4, 0.5) is 5.69 Å². The van der Waals surface area contributed by atoms with Crippen molar-refractivity contribution in [2.75, 3.05) is 13.1 Å². The molecule has 1 aliphatic rings. The van der Waals surface area contributed by atoms with E-state index in [1.165, 1.54) is 6.07 Å². The molecule has 0 atom stereocenters. The van der Waals surface area contributed by atoms with Crippen molar-refractivity contribution in [1.29, 1.82) is 0 Å². The average molecular weight is 371 g/mol. The van der Waals surface area contributed by atoms with Crippen LogP contribution in [-0.2, 0) is 6.54 Å². The largest absolute Gasteiger partial charge is 0.316 e. The van der Waals surface area contributed by atoms with E-state index >= 15 is 0 Å². The molecule has 0 unspecified atom stereocenters. The number of nitro benzene ring substituents is 1. The predicted octanol–water partition coefficient (Wildman–Crippen LogP) is 1.30. The van der Waals surface area contributed by atoms with Gasteiger partial charge in [0.15, 0.2) is 0 Å². The van der Waals surface area contributed by atoms with Crippen LogP contribution in [0.3, 0.4) is 0 Å². The average Bonchev–Trinajstić information content (AvgIpc) is 2.92. The third-order valence-corrected chi connectivity index (χ3v) is 3.71. The molecule has 0 aliphatic carbocycles. The quantitative estimate of drug-likeness (QED) is 0.480. The maximum Gasteiger partial charge on any atom is 0.314 e. The summed E-state index contributed by atoms with van der Waals surface area (Å²) in [6.07, 6.45) is 2.18. The molecule has 0 amide bonds. The van der Waals surface area contributed by atoms with E-state index < -0.39 is 16.0 Å². The van der Waals surface area contributed by atoms with Gasteiger partial charge in [0, 0.05) is 18.2 Å². The summed E-state index contributed by atoms with van der Waals surface area (Å²) >= 11 is 0. The van der Waals surface area contributed by atoms with Gasteiger partial charge in [0.2, 0.25) is 0 Å². The van der Waals surface area contributed by atoms with Crippen LogP contribution in [0, 0.1) is 10.1 Å². The van der Waals surface area contributed by atoms with Gasteiger partial charge in [0.25, 0.3) is 5.69 Å². The minimum Gasteiger partial charge on any atom is -0.316 e. The lowest BCUT2D eigenvalue weighted by molar-refractivity contribution is -0.385. The summed E-state index contributed by atoms with van der Waals surface area (Å²) in [6, 6.07) is 2.88. The molecule has 2 heterocycles. The van der Waals surface area contributed by atoms with Crippen LogP contribution in [0.25, 0.3) is 11.0 Å². The zero-order valence-electron chi connectivity index (χ0n) is 11.6. The summed E-state index contributed by atoms with van der Waals surface area (Å²) in [5.74, 6) is 0. The zero-order valence-corrected chi connectivity index (χ0v) is 13.3. The van der Waals surface area contributed by atoms with E-state index in [1.54, 1.807) is 6.07 Å². The lowest BCUT2D eigenvalue weighted by Crippen LogP contribution is -2.29. The molecule has 22 heavy (non-hydrogen) atoms. The molecule has 118 valence electrons. The summed E-state index contributed by atoms with van der Waals surface area (Å²) < 4.78 is 0. The van der Waals surface area contributed by atoms with Crippen LogP contribution in [-0.4, -0.2) is 32.9 Å². The molecule has 3 rings (SSSR count). The SMILES string of the molecule is Br.O=c1[nH]c2cc(CN3CCCC3)c([N+](=O)[O-])cc2[nH]c1=O. The molecule has 1 aliphatic heterocycles. The fraction of sp³-hybridized carbons (Fsp3) is 0.385. The van der Waals surface area contributed by atoms with E-state index in [1.807, 2.05) is 0 Å². The summed E-state index contributed by atoms with van der Waals surface area (Å²) in [5.41, 5.74) is -0.419. The first kappa shape index (κ1) is 16.4. The highest BCUT2D eigenvalue weighted by Crippen LogP contribution is 2.25. The van der Waals surface area contributed by atoms with Crippen molar-refractivity contribution < 1.29 is 4.92 Å². The molecule has 1 aromatic carbocycles. The Labute approximate surface area is 135 Å². The van der Waals surface area contributed by atoms with E-state index in [-0.39, 0.29) is 28.2 Å². The lowest BCUT2D eigenvalue weighted by atomic mass is 10.1. The Kier molecular flexibility index (Phi) is 4.77. The standard InChI is InChI=1S/C13H14N4O4.BrH/c18-12-13(19)15-10-6-11(17(20)21)8(5-9(10)14-12)7-16-3-1-2-4-16;/h5-6H,1-4,7H2,(H,14,18)(H,15,19);1H. The molecule has 1 fully saturated rings. The smallest absolute Gasteiger partial charge is 0.314 e. The monoisotopic (exact) mass is 370 g/mol. The van der Waals surface area contributed by atoms with Crippen molar-refractivity contribution in [3.05, 3.63) is 48.5 Å². The number of aromatic nitrogens is 2. The van der Waals surface area contributed by atoms with Gasteiger partial charge in [-0.05, 0) is 32.0 Å². The van der Waals surface area contributed by atoms with Crippen LogP contribution in [0.2, 0.25) is 0 Å². The molecule has 8 nitrogen and oxygen atoms in total. The molecular weight excluding hydrogens is 356 g/mol. The summed E-state index contributed by atoms with van der Waals surface area (Å²) in [6.45, 7) is 2.29. The molecule has 9 heteroatoms. The first-order valence-electron chi connectivity index (χ1n) is 6.70. The molecule has 1 saturated heterocycles. The highest BCUT2D eigenvalue weighted by atomic mass is 79.9. The van der Waals surface area contributed by atoms with E-state index in [9.17, 15) is 19.7 Å². The molecule has 0 spiro atoms. The number of hydrogen-bond acceptors (Lipinski definition) is 5. The second-order valence-corrected chi connectivity index (χ2v) is 5.18. The third-order valence-electron chi connectivity index (χ3n) is 3.71. The van der Waals surface area contributed by atoms with Crippen molar-refractivity contribution in [3.63, 3.8) is 0 Å². The minimum atomic E-state index is -0.816. The second kappa shape index (κ2) is 6.41. The molecule has 2 aromatic rings. The Morgan fingerprint density at radius 1 is 1.09 bits per heavy atom. The number of nitrogens with zero attached hydrogens (tertiary/aromatic N) is 2. The Morgan fingerprint density at radius 3 is 2.18 bits per heavy atom. The number of hydrogen-bond donors (Lipinski definition) is 2. The van der Waals surface area contributed by atoms with Crippen LogP contribution < -0.4 is 11.1 Å². The molecular formula is C13H15BrN4O4. The minimum absolute atomic E-state index is 0. The van der Waals surface area contributed by atoms with Crippen LogP contribution in [0.15, 0.2) is 21.7 Å². The van der Waals surface area contributed by atoms with E-state index in [0.717, 1.165) is 25.9 Å². The first-order valence-corrected chi connectivity index (χ1v) is 6.70. The number of fused-ring (bicyclic) bond motifs is 1. The molecule has 1 aromatic heterocycles. The van der Waals surface area contributed by atoms with Gasteiger partial charge < -0.3 is 9.97 Å². The fourth-order valence-electron chi connectivity index (χ4n) is 2.68. The molecule has 0 bridgehead atoms. The fourth-order valence-corrected chi connectivity index (χ4v) is 2.68. The summed E-state index contributed by atoms with van der Waals surface area (Å²) in [7, 11) is 0. The van der Waals surface area contributed by atoms with Gasteiger partial charge in [-0.2, -0.15) is 0 Å². The summed E-state index contributed by atoms with van der Waals surface area (Å²) in [4.78, 5) is 40.4. The first-order chi connectivity index (χ1) is 10.0. The van der Waals surface area contributed by atoms with Gasteiger partial charge in [-0.25, -0.2) is 0 Å². The number of likely N-dealkylation sites (tertiary alicyclic amines) is 1. The van der Waals surface area contributed by atoms with Crippen LogP contribution >= 0.6 is 17.0 Å². The van der Waals surface area contributed by atoms with Crippen LogP contribution in [0.1, 0.15) is 18.4 Å². The van der Waals surface area contributed by atoms with E-state index in [4.69, 9.17) is 0 Å². The Balaban J connectivity index is 0.00000176. The second-order valence-electron chi connectivity index (χ2n) is 5.18. The maximum absolute atomic E-state index is 11.4. The maximum atomic E-state index is 11.4. The van der Waals surface area contributed by atoms with Gasteiger partial charge in [0.1, 0.15) is 0 Å². The van der Waals surface area contributed by atoms with Crippen LogP contribution in [0.5, 0.6) is 0 Å². The van der Waals surface area contributed by atoms with Gasteiger partial charge in [-0.1, -0.05) is 0 Å². The van der Waals surface area contributed by atoms with Crippen molar-refractivity contribution >= 4 is 33.7 Å². The van der Waals surface area contributed by atoms with Crippen molar-refractivity contribution in [3.8, 4) is 0 Å². The number of benzene rings is 1. The summed E-state index contributed by atoms with van der Waals surface area (Å²) in [5, 5.41) is 11.2. The van der Waals surface area contributed by atoms with Crippen molar-refractivity contribution in [2.45, 2.75) is 19.4 Å². The third kappa shape index (κ3) is 3.09. The van der Waals surface area contributed by atoms with Gasteiger partial charge in [-0.3, -0.25) is 24.6 Å². The highest BCUT2D eigenvalue weighted by Gasteiger charge is 2.20. The van der Waals surface area contributed by atoms with E-state index in [0.29, 0.717) is 17.6 Å². The number of halogens is 1. The van der Waals surface area contributed by atoms with Gasteiger partial charge in [0.05, 0.1) is 16.0 Å². The molecule has 2 N–H and O–H groups in total. The normalized spacial score (nSPS) is 14.9. The van der Waals surface area contributed by atoms with Crippen molar-refractivity contribution in [2.24, 2.45) is 0 Å². The Hall–Kier alpha value is -2.00. The van der Waals surface area contributed by atoms with Gasteiger partial charge >= 0.3 is 11.1 Å².